The van der Waals surface area contributed by atoms with E-state index in [0.717, 1.165) is 0 Å². The van der Waals surface area contributed by atoms with E-state index in [-0.39, 0.29) is 23.5 Å². The van der Waals surface area contributed by atoms with Crippen LogP contribution in [0.4, 0.5) is 5.69 Å². The monoisotopic (exact) mass is 280 g/mol. The van der Waals surface area contributed by atoms with E-state index in [2.05, 4.69) is 16.6 Å². The van der Waals surface area contributed by atoms with Crippen LogP contribution in [0, 0.1) is 10.1 Å². The minimum atomic E-state index is -0.670. The maximum atomic E-state index is 11.5. The molecule has 0 aliphatic heterocycles. The van der Waals surface area contributed by atoms with Gasteiger partial charge in [0.05, 0.1) is 17.6 Å². The number of rotatable bonds is 7. The number of esters is 1. The first-order valence-electron chi connectivity index (χ1n) is 5.88. The van der Waals surface area contributed by atoms with Gasteiger partial charge in [-0.3, -0.25) is 20.2 Å². The first-order valence-corrected chi connectivity index (χ1v) is 5.88. The van der Waals surface area contributed by atoms with Gasteiger partial charge in [0.25, 0.3) is 5.69 Å². The van der Waals surface area contributed by atoms with Crippen LogP contribution in [-0.4, -0.2) is 29.2 Å². The largest absolute Gasteiger partial charge is 0.507 e. The van der Waals surface area contributed by atoms with Crippen molar-refractivity contribution in [2.75, 3.05) is 7.11 Å². The van der Waals surface area contributed by atoms with Gasteiger partial charge in [-0.1, -0.05) is 12.1 Å². The van der Waals surface area contributed by atoms with Crippen molar-refractivity contribution in [3.63, 3.8) is 0 Å². The molecule has 1 aromatic carbocycles. The SMILES string of the molecule is C=CC[C@H](NCc1c(O)cccc1[N+](=O)[O-])C(=O)OC. The highest BCUT2D eigenvalue weighted by atomic mass is 16.6. The molecular formula is C13H16N2O5. The minimum Gasteiger partial charge on any atom is -0.507 e. The number of hydrogen-bond donors (Lipinski definition) is 2. The second-order valence-corrected chi connectivity index (χ2v) is 4.01. The van der Waals surface area contributed by atoms with Crippen molar-refractivity contribution < 1.29 is 19.6 Å². The molecule has 0 unspecified atom stereocenters. The highest BCUT2D eigenvalue weighted by Gasteiger charge is 2.21. The Morgan fingerprint density at radius 3 is 2.90 bits per heavy atom. The molecule has 0 aromatic heterocycles. The lowest BCUT2D eigenvalue weighted by Gasteiger charge is -2.15. The summed E-state index contributed by atoms with van der Waals surface area (Å²) in [6.07, 6.45) is 1.85. The van der Waals surface area contributed by atoms with Crippen molar-refractivity contribution in [1.82, 2.24) is 5.32 Å². The summed E-state index contributed by atoms with van der Waals surface area (Å²) in [5, 5.41) is 23.4. The number of aromatic hydroxyl groups is 1. The molecule has 108 valence electrons. The normalized spacial score (nSPS) is 11.7. The van der Waals surface area contributed by atoms with Crippen LogP contribution in [0.5, 0.6) is 5.75 Å². The number of nitro benzene ring substituents is 1. The maximum absolute atomic E-state index is 11.5. The molecule has 0 aliphatic rings. The third kappa shape index (κ3) is 3.79. The van der Waals surface area contributed by atoms with Crippen LogP contribution in [-0.2, 0) is 16.1 Å². The van der Waals surface area contributed by atoms with Gasteiger partial charge >= 0.3 is 5.97 Å². The van der Waals surface area contributed by atoms with E-state index in [0.29, 0.717) is 6.42 Å². The Bertz CT molecular complexity index is 515. The summed E-state index contributed by atoms with van der Waals surface area (Å²) < 4.78 is 4.62. The lowest BCUT2D eigenvalue weighted by atomic mass is 10.1. The predicted molar refractivity (Wildman–Crippen MR) is 72.2 cm³/mol. The Hall–Kier alpha value is -2.41. The van der Waals surface area contributed by atoms with Crippen molar-refractivity contribution >= 4 is 11.7 Å². The molecule has 0 spiro atoms. The number of ether oxygens (including phenoxy) is 1. The van der Waals surface area contributed by atoms with E-state index < -0.39 is 16.9 Å². The Morgan fingerprint density at radius 2 is 2.35 bits per heavy atom. The lowest BCUT2D eigenvalue weighted by molar-refractivity contribution is -0.385. The van der Waals surface area contributed by atoms with Crippen LogP contribution in [0.15, 0.2) is 30.9 Å². The molecule has 0 aliphatic carbocycles. The second kappa shape index (κ2) is 7.25. The average molecular weight is 280 g/mol. The second-order valence-electron chi connectivity index (χ2n) is 4.01. The summed E-state index contributed by atoms with van der Waals surface area (Å²) in [6, 6.07) is 3.36. The topological polar surface area (TPSA) is 102 Å². The Labute approximate surface area is 116 Å². The first kappa shape index (κ1) is 15.6. The minimum absolute atomic E-state index is 0.0312. The number of nitrogens with zero attached hydrogens (tertiary/aromatic N) is 1. The van der Waals surface area contributed by atoms with E-state index in [1.54, 1.807) is 0 Å². The fraction of sp³-hybridized carbons (Fsp3) is 0.308. The molecule has 7 nitrogen and oxygen atoms in total. The molecule has 0 saturated carbocycles. The van der Waals surface area contributed by atoms with E-state index >= 15 is 0 Å². The number of hydrogen-bond acceptors (Lipinski definition) is 6. The Balaban J connectivity index is 2.90. The van der Waals surface area contributed by atoms with Gasteiger partial charge in [0.1, 0.15) is 11.8 Å². The van der Waals surface area contributed by atoms with Crippen LogP contribution in [0.25, 0.3) is 0 Å². The van der Waals surface area contributed by atoms with Crippen LogP contribution in [0.3, 0.4) is 0 Å². The fourth-order valence-electron chi connectivity index (χ4n) is 1.71. The van der Waals surface area contributed by atoms with Crippen molar-refractivity contribution in [3.8, 4) is 5.75 Å². The van der Waals surface area contributed by atoms with Gasteiger partial charge in [0, 0.05) is 12.6 Å². The van der Waals surface area contributed by atoms with Gasteiger partial charge in [-0.15, -0.1) is 6.58 Å². The zero-order valence-corrected chi connectivity index (χ0v) is 11.0. The molecule has 0 radical (unpaired) electrons. The van der Waals surface area contributed by atoms with Crippen LogP contribution >= 0.6 is 0 Å². The molecule has 0 heterocycles. The standard InChI is InChI=1S/C13H16N2O5/c1-3-5-10(13(17)20-2)14-8-9-11(15(18)19)6-4-7-12(9)16/h3-4,6-7,10,14,16H,1,5,8H2,2H3/t10-/m0/s1. The highest BCUT2D eigenvalue weighted by Crippen LogP contribution is 2.27. The summed E-state index contributed by atoms with van der Waals surface area (Å²) in [6.45, 7) is 3.50. The van der Waals surface area contributed by atoms with Gasteiger partial charge in [-0.05, 0) is 12.5 Å². The lowest BCUT2D eigenvalue weighted by Crippen LogP contribution is -2.36. The van der Waals surface area contributed by atoms with Crippen molar-refractivity contribution in [2.24, 2.45) is 0 Å². The summed E-state index contributed by atoms with van der Waals surface area (Å²) in [7, 11) is 1.25. The average Bonchev–Trinajstić information content (AvgIpc) is 2.43. The number of phenolic OH excluding ortho intramolecular Hbond substituents is 1. The van der Waals surface area contributed by atoms with Crippen molar-refractivity contribution in [2.45, 2.75) is 19.0 Å². The molecule has 2 N–H and O–H groups in total. The molecule has 0 saturated heterocycles. The molecule has 20 heavy (non-hydrogen) atoms. The number of benzene rings is 1. The quantitative estimate of drug-likeness (QED) is 0.340. The molecule has 0 amide bonds. The van der Waals surface area contributed by atoms with Gasteiger partial charge in [-0.2, -0.15) is 0 Å². The van der Waals surface area contributed by atoms with Gasteiger partial charge < -0.3 is 9.84 Å². The van der Waals surface area contributed by atoms with Crippen LogP contribution in [0.2, 0.25) is 0 Å². The number of nitrogens with one attached hydrogen (secondary N) is 1. The van der Waals surface area contributed by atoms with Gasteiger partial charge in [-0.25, -0.2) is 0 Å². The van der Waals surface area contributed by atoms with E-state index in [1.165, 1.54) is 31.4 Å². The Kier molecular flexibility index (Phi) is 5.67. The van der Waals surface area contributed by atoms with Gasteiger partial charge in [0.2, 0.25) is 0 Å². The number of nitro groups is 1. The molecule has 1 rings (SSSR count). The van der Waals surface area contributed by atoms with Gasteiger partial charge in [0.15, 0.2) is 0 Å². The third-order valence-electron chi connectivity index (χ3n) is 2.74. The molecule has 1 aromatic rings. The summed E-state index contributed by atoms with van der Waals surface area (Å²) in [5.41, 5.74) is -0.0878. The number of phenols is 1. The van der Waals surface area contributed by atoms with E-state index in [9.17, 15) is 20.0 Å². The van der Waals surface area contributed by atoms with Crippen LogP contribution < -0.4 is 5.32 Å². The smallest absolute Gasteiger partial charge is 0.323 e. The molecule has 0 bridgehead atoms. The summed E-state index contributed by atoms with van der Waals surface area (Å²) in [4.78, 5) is 21.8. The Morgan fingerprint density at radius 1 is 1.65 bits per heavy atom. The van der Waals surface area contributed by atoms with E-state index in [1.807, 2.05) is 0 Å². The third-order valence-corrected chi connectivity index (χ3v) is 2.74. The number of carbonyl (C=O) groups is 1. The highest BCUT2D eigenvalue weighted by molar-refractivity contribution is 5.75. The number of carbonyl (C=O) groups excluding carboxylic acids is 1. The van der Waals surface area contributed by atoms with Crippen molar-refractivity contribution in [1.29, 1.82) is 0 Å². The fourth-order valence-corrected chi connectivity index (χ4v) is 1.71. The molecular weight excluding hydrogens is 264 g/mol. The molecule has 7 heteroatoms. The predicted octanol–water partition coefficient (Wildman–Crippen LogP) is 1.51. The zero-order valence-electron chi connectivity index (χ0n) is 11.0. The maximum Gasteiger partial charge on any atom is 0.323 e. The zero-order chi connectivity index (χ0) is 15.1. The molecule has 1 atom stereocenters. The first-order chi connectivity index (χ1) is 9.51. The molecule has 0 fully saturated rings. The summed E-state index contributed by atoms with van der Waals surface area (Å²) in [5.74, 6) is -0.697. The van der Waals surface area contributed by atoms with Crippen molar-refractivity contribution in [3.05, 3.63) is 46.5 Å². The van der Waals surface area contributed by atoms with Crippen LogP contribution in [0.1, 0.15) is 12.0 Å². The number of methoxy groups -OCH3 is 1. The summed E-state index contributed by atoms with van der Waals surface area (Å²) >= 11 is 0. The van der Waals surface area contributed by atoms with E-state index in [4.69, 9.17) is 0 Å².